The number of aryl methyl sites for hydroxylation is 1. The van der Waals surface area contributed by atoms with E-state index in [1.54, 1.807) is 18.0 Å². The summed E-state index contributed by atoms with van der Waals surface area (Å²) in [6.45, 7) is 9.23. The number of hydrogen-bond donors (Lipinski definition) is 1. The SMILES string of the molecule is Cc1cc(OCCCC2CCN(c3nc(C(C)C)no3)CC2)ccc1C(=O)N[C@@H]1CCN(C)C1=O. The fourth-order valence-electron chi connectivity index (χ4n) is 4.74. The van der Waals surface area contributed by atoms with Crippen molar-refractivity contribution in [2.75, 3.05) is 38.2 Å². The summed E-state index contributed by atoms with van der Waals surface area (Å²) in [7, 11) is 1.76. The molecule has 2 aromatic rings. The largest absolute Gasteiger partial charge is 0.494 e. The van der Waals surface area contributed by atoms with Gasteiger partial charge in [0.05, 0.1) is 6.61 Å². The molecule has 1 aromatic carbocycles. The minimum atomic E-state index is -0.431. The van der Waals surface area contributed by atoms with E-state index in [1.165, 1.54) is 0 Å². The van der Waals surface area contributed by atoms with Crippen molar-refractivity contribution in [1.29, 1.82) is 0 Å². The third-order valence-corrected chi connectivity index (χ3v) is 7.03. The second kappa shape index (κ2) is 11.1. The zero-order valence-corrected chi connectivity index (χ0v) is 21.2. The van der Waals surface area contributed by atoms with Crippen LogP contribution in [0.3, 0.4) is 0 Å². The van der Waals surface area contributed by atoms with E-state index in [-0.39, 0.29) is 17.7 Å². The number of likely N-dealkylation sites (tertiary alicyclic amines) is 1. The molecule has 2 aliphatic heterocycles. The molecule has 4 rings (SSSR count). The first-order valence-electron chi connectivity index (χ1n) is 12.7. The molecule has 0 saturated carbocycles. The van der Waals surface area contributed by atoms with Crippen molar-refractivity contribution in [2.24, 2.45) is 5.92 Å². The lowest BCUT2D eigenvalue weighted by Crippen LogP contribution is -2.40. The van der Waals surface area contributed by atoms with Crippen LogP contribution in [-0.2, 0) is 4.79 Å². The molecule has 35 heavy (non-hydrogen) atoms. The number of amides is 2. The molecule has 3 heterocycles. The van der Waals surface area contributed by atoms with E-state index in [0.717, 1.165) is 55.9 Å². The van der Waals surface area contributed by atoms with Gasteiger partial charge in [-0.2, -0.15) is 4.98 Å². The highest BCUT2D eigenvalue weighted by molar-refractivity contribution is 5.99. The molecule has 1 N–H and O–H groups in total. The Balaban J connectivity index is 1.17. The number of benzene rings is 1. The Kier molecular flexibility index (Phi) is 7.93. The number of nitrogens with zero attached hydrogens (tertiary/aromatic N) is 4. The molecule has 9 heteroatoms. The quantitative estimate of drug-likeness (QED) is 0.545. The average molecular weight is 484 g/mol. The first-order valence-corrected chi connectivity index (χ1v) is 12.7. The summed E-state index contributed by atoms with van der Waals surface area (Å²) < 4.78 is 11.4. The Hall–Kier alpha value is -3.10. The Morgan fingerprint density at radius 2 is 2.00 bits per heavy atom. The van der Waals surface area contributed by atoms with Gasteiger partial charge >= 0.3 is 6.01 Å². The summed E-state index contributed by atoms with van der Waals surface area (Å²) in [5, 5.41) is 6.92. The normalized spacial score (nSPS) is 19.0. The van der Waals surface area contributed by atoms with Crippen molar-refractivity contribution in [3.63, 3.8) is 0 Å². The first-order chi connectivity index (χ1) is 16.8. The number of carbonyl (C=O) groups excluding carboxylic acids is 2. The third-order valence-electron chi connectivity index (χ3n) is 7.03. The molecule has 0 unspecified atom stereocenters. The van der Waals surface area contributed by atoms with Gasteiger partial charge in [0.25, 0.3) is 5.91 Å². The monoisotopic (exact) mass is 483 g/mol. The van der Waals surface area contributed by atoms with Crippen molar-refractivity contribution in [2.45, 2.75) is 64.8 Å². The number of likely N-dealkylation sites (N-methyl/N-ethyl adjacent to an activating group) is 1. The van der Waals surface area contributed by atoms with Gasteiger partial charge in [-0.05, 0) is 68.7 Å². The van der Waals surface area contributed by atoms with E-state index >= 15 is 0 Å². The van der Waals surface area contributed by atoms with Crippen molar-refractivity contribution in [1.82, 2.24) is 20.4 Å². The predicted octanol–water partition coefficient (Wildman–Crippen LogP) is 3.54. The number of nitrogens with one attached hydrogen (secondary N) is 1. The van der Waals surface area contributed by atoms with Crippen LogP contribution in [0.5, 0.6) is 5.75 Å². The van der Waals surface area contributed by atoms with Gasteiger partial charge in [0.15, 0.2) is 5.82 Å². The maximum atomic E-state index is 12.6. The lowest BCUT2D eigenvalue weighted by Gasteiger charge is -2.30. The van der Waals surface area contributed by atoms with E-state index in [4.69, 9.17) is 9.26 Å². The van der Waals surface area contributed by atoms with Gasteiger partial charge in [0.1, 0.15) is 11.8 Å². The second-order valence-electron chi connectivity index (χ2n) is 10.1. The number of aromatic nitrogens is 2. The van der Waals surface area contributed by atoms with Crippen molar-refractivity contribution >= 4 is 17.8 Å². The molecule has 0 spiro atoms. The summed E-state index contributed by atoms with van der Waals surface area (Å²) >= 11 is 0. The fourth-order valence-corrected chi connectivity index (χ4v) is 4.74. The van der Waals surface area contributed by atoms with Gasteiger partial charge < -0.3 is 24.4 Å². The van der Waals surface area contributed by atoms with Crippen molar-refractivity contribution in [3.05, 3.63) is 35.2 Å². The minimum absolute atomic E-state index is 0.0310. The van der Waals surface area contributed by atoms with Gasteiger partial charge in [0, 0.05) is 38.2 Å². The Bertz CT molecular complexity index is 1030. The summed E-state index contributed by atoms with van der Waals surface area (Å²) in [6.07, 6.45) is 4.99. The van der Waals surface area contributed by atoms with Crippen LogP contribution in [0.2, 0.25) is 0 Å². The van der Waals surface area contributed by atoms with E-state index in [1.807, 2.05) is 19.1 Å². The van der Waals surface area contributed by atoms with E-state index < -0.39 is 6.04 Å². The Morgan fingerprint density at radius 3 is 2.63 bits per heavy atom. The predicted molar refractivity (Wildman–Crippen MR) is 133 cm³/mol. The molecule has 2 amide bonds. The molecule has 190 valence electrons. The maximum Gasteiger partial charge on any atom is 0.324 e. The van der Waals surface area contributed by atoms with Crippen LogP contribution in [0.1, 0.15) is 73.6 Å². The smallest absolute Gasteiger partial charge is 0.324 e. The van der Waals surface area contributed by atoms with Gasteiger partial charge in [-0.3, -0.25) is 9.59 Å². The maximum absolute atomic E-state index is 12.6. The molecule has 0 bridgehead atoms. The van der Waals surface area contributed by atoms with Crippen LogP contribution < -0.4 is 15.0 Å². The van der Waals surface area contributed by atoms with Crippen LogP contribution >= 0.6 is 0 Å². The molecule has 1 aromatic heterocycles. The number of anilines is 1. The summed E-state index contributed by atoms with van der Waals surface area (Å²) in [4.78, 5) is 33.0. The highest BCUT2D eigenvalue weighted by Crippen LogP contribution is 2.26. The van der Waals surface area contributed by atoms with E-state index in [0.29, 0.717) is 37.1 Å². The topological polar surface area (TPSA) is 101 Å². The molecular formula is C26H37N5O4. The highest BCUT2D eigenvalue weighted by Gasteiger charge is 2.30. The zero-order chi connectivity index (χ0) is 24.9. The van der Waals surface area contributed by atoms with Crippen LogP contribution in [0.25, 0.3) is 0 Å². The second-order valence-corrected chi connectivity index (χ2v) is 10.1. The summed E-state index contributed by atoms with van der Waals surface area (Å²) in [5.41, 5.74) is 1.42. The highest BCUT2D eigenvalue weighted by atomic mass is 16.5. The van der Waals surface area contributed by atoms with Crippen molar-refractivity contribution < 1.29 is 18.8 Å². The van der Waals surface area contributed by atoms with Crippen LogP contribution in [0.4, 0.5) is 6.01 Å². The third kappa shape index (κ3) is 6.13. The lowest BCUT2D eigenvalue weighted by atomic mass is 9.92. The average Bonchev–Trinajstić information content (AvgIpc) is 3.46. The van der Waals surface area contributed by atoms with Crippen LogP contribution in [0, 0.1) is 12.8 Å². The Morgan fingerprint density at radius 1 is 1.23 bits per heavy atom. The van der Waals surface area contributed by atoms with Gasteiger partial charge in [-0.25, -0.2) is 0 Å². The summed E-state index contributed by atoms with van der Waals surface area (Å²) in [6, 6.07) is 5.72. The van der Waals surface area contributed by atoms with Gasteiger partial charge in [0.2, 0.25) is 5.91 Å². The zero-order valence-electron chi connectivity index (χ0n) is 21.2. The minimum Gasteiger partial charge on any atom is -0.494 e. The number of hydrogen-bond acceptors (Lipinski definition) is 7. The Labute approximate surface area is 207 Å². The van der Waals surface area contributed by atoms with E-state index in [2.05, 4.69) is 34.2 Å². The van der Waals surface area contributed by atoms with Crippen LogP contribution in [0.15, 0.2) is 22.7 Å². The molecule has 2 aliphatic rings. The molecule has 9 nitrogen and oxygen atoms in total. The molecule has 0 radical (unpaired) electrons. The molecule has 0 aliphatic carbocycles. The number of rotatable bonds is 9. The first kappa shape index (κ1) is 25.0. The van der Waals surface area contributed by atoms with Crippen LogP contribution in [-0.4, -0.2) is 66.2 Å². The van der Waals surface area contributed by atoms with Crippen molar-refractivity contribution in [3.8, 4) is 5.75 Å². The summed E-state index contributed by atoms with van der Waals surface area (Å²) in [5.74, 6) is 2.23. The van der Waals surface area contributed by atoms with Gasteiger partial charge in [-0.15, -0.1) is 0 Å². The molecule has 2 saturated heterocycles. The molecule has 2 fully saturated rings. The molecule has 1 atom stereocenters. The fraction of sp³-hybridized carbons (Fsp3) is 0.615. The standard InChI is InChI=1S/C26H37N5O4/c1-17(2)23-28-26(35-29-23)31-13-9-19(10-14-31)6-5-15-34-20-7-8-21(18(3)16-20)24(32)27-22-11-12-30(4)25(22)33/h7-8,16-17,19,22H,5-6,9-15H2,1-4H3,(H,27,32)/t22-/m1/s1. The lowest BCUT2D eigenvalue weighted by molar-refractivity contribution is -0.128. The number of carbonyl (C=O) groups is 2. The van der Waals surface area contributed by atoms with E-state index in [9.17, 15) is 9.59 Å². The molecular weight excluding hydrogens is 446 g/mol. The number of ether oxygens (including phenoxy) is 1. The van der Waals surface area contributed by atoms with Gasteiger partial charge in [-0.1, -0.05) is 19.0 Å². The number of piperidine rings is 1.